The Morgan fingerprint density at radius 1 is 1.28 bits per heavy atom. The number of thiophene rings is 1. The number of hydrogen-bond acceptors (Lipinski definition) is 3. The number of benzene rings is 1. The Balaban J connectivity index is 2.07. The van der Waals surface area contributed by atoms with Crippen LogP contribution >= 0.6 is 35.2 Å². The van der Waals surface area contributed by atoms with Crippen molar-refractivity contribution in [2.45, 2.75) is 13.0 Å². The molecule has 0 aliphatic rings. The van der Waals surface area contributed by atoms with E-state index in [1.165, 1.54) is 4.88 Å². The zero-order valence-corrected chi connectivity index (χ0v) is 12.2. The van der Waals surface area contributed by atoms with Crippen LogP contribution in [0, 0.1) is 0 Å². The first-order valence-electron chi connectivity index (χ1n) is 5.48. The molecule has 94 valence electrons. The molecule has 2 aromatic rings. The summed E-state index contributed by atoms with van der Waals surface area (Å²) in [6.07, 6.45) is 0. The van der Waals surface area contributed by atoms with Gasteiger partial charge in [-0.15, -0.1) is 11.3 Å². The maximum absolute atomic E-state index is 5.93. The molecule has 5 heteroatoms. The lowest BCUT2D eigenvalue weighted by Crippen LogP contribution is -2.09. The lowest BCUT2D eigenvalue weighted by atomic mass is 10.2. The van der Waals surface area contributed by atoms with Crippen LogP contribution in [0.4, 0.5) is 5.69 Å². The van der Waals surface area contributed by atoms with Gasteiger partial charge in [0.15, 0.2) is 0 Å². The first kappa shape index (κ1) is 13.3. The number of halogens is 1. The van der Waals surface area contributed by atoms with Crippen LogP contribution < -0.4 is 11.1 Å². The van der Waals surface area contributed by atoms with E-state index in [9.17, 15) is 0 Å². The molecular weight excluding hydrogens is 284 g/mol. The Kier molecular flexibility index (Phi) is 4.22. The number of nitrogens with two attached hydrogens (primary N) is 1. The van der Waals surface area contributed by atoms with E-state index in [0.29, 0.717) is 4.99 Å². The lowest BCUT2D eigenvalue weighted by Gasteiger charge is -2.13. The van der Waals surface area contributed by atoms with Gasteiger partial charge in [0.25, 0.3) is 0 Å². The van der Waals surface area contributed by atoms with Gasteiger partial charge in [0.05, 0.1) is 10.4 Å². The summed E-state index contributed by atoms with van der Waals surface area (Å²) in [5.41, 5.74) is 7.47. The maximum atomic E-state index is 5.93. The molecule has 0 aliphatic carbocycles. The van der Waals surface area contributed by atoms with Crippen LogP contribution in [0.2, 0.25) is 4.34 Å². The van der Waals surface area contributed by atoms with E-state index in [2.05, 4.69) is 12.2 Å². The van der Waals surface area contributed by atoms with E-state index in [1.54, 1.807) is 11.3 Å². The average molecular weight is 297 g/mol. The van der Waals surface area contributed by atoms with Crippen molar-refractivity contribution in [3.8, 4) is 0 Å². The van der Waals surface area contributed by atoms with Crippen LogP contribution in [-0.2, 0) is 0 Å². The molecule has 0 fully saturated rings. The van der Waals surface area contributed by atoms with E-state index in [1.807, 2.05) is 36.4 Å². The minimum atomic E-state index is 0.221. The summed E-state index contributed by atoms with van der Waals surface area (Å²) in [6, 6.07) is 11.9. The van der Waals surface area contributed by atoms with E-state index in [4.69, 9.17) is 29.6 Å². The number of hydrogen-bond donors (Lipinski definition) is 2. The van der Waals surface area contributed by atoms with Crippen molar-refractivity contribution in [2.75, 3.05) is 5.32 Å². The largest absolute Gasteiger partial charge is 0.389 e. The zero-order valence-electron chi connectivity index (χ0n) is 9.81. The zero-order chi connectivity index (χ0) is 13.1. The Morgan fingerprint density at radius 2 is 1.94 bits per heavy atom. The predicted molar refractivity (Wildman–Crippen MR) is 83.7 cm³/mol. The molecule has 18 heavy (non-hydrogen) atoms. The second-order valence-corrected chi connectivity index (χ2v) is 6.14. The minimum Gasteiger partial charge on any atom is -0.389 e. The Labute approximate surface area is 121 Å². The molecule has 1 heterocycles. The molecule has 1 aromatic carbocycles. The van der Waals surface area contributed by atoms with E-state index in [-0.39, 0.29) is 6.04 Å². The van der Waals surface area contributed by atoms with Crippen molar-refractivity contribution in [1.82, 2.24) is 0 Å². The van der Waals surface area contributed by atoms with Gasteiger partial charge in [0.1, 0.15) is 4.99 Å². The number of rotatable bonds is 4. The molecule has 0 aliphatic heterocycles. The molecule has 0 amide bonds. The van der Waals surface area contributed by atoms with Crippen LogP contribution in [0.1, 0.15) is 23.4 Å². The third-order valence-electron chi connectivity index (χ3n) is 2.57. The summed E-state index contributed by atoms with van der Waals surface area (Å²) in [4.78, 5) is 1.62. The Bertz CT molecular complexity index is 548. The molecule has 1 aromatic heterocycles. The van der Waals surface area contributed by atoms with Crippen molar-refractivity contribution in [3.05, 3.63) is 51.2 Å². The quantitative estimate of drug-likeness (QED) is 0.830. The first-order valence-corrected chi connectivity index (χ1v) is 7.08. The average Bonchev–Trinajstić information content (AvgIpc) is 2.76. The van der Waals surface area contributed by atoms with Crippen molar-refractivity contribution in [2.24, 2.45) is 5.73 Å². The molecule has 0 bridgehead atoms. The maximum Gasteiger partial charge on any atom is 0.103 e. The topological polar surface area (TPSA) is 38.0 Å². The van der Waals surface area contributed by atoms with Gasteiger partial charge in [0.2, 0.25) is 0 Å². The summed E-state index contributed by atoms with van der Waals surface area (Å²) >= 11 is 12.4. The number of nitrogens with one attached hydrogen (secondary N) is 1. The molecule has 0 saturated heterocycles. The summed E-state index contributed by atoms with van der Waals surface area (Å²) in [6.45, 7) is 2.10. The SMILES string of the molecule is CC(Nc1ccc(C(N)=S)cc1)c1ccc(Cl)s1. The fourth-order valence-corrected chi connectivity index (χ4v) is 2.81. The molecule has 0 saturated carbocycles. The normalized spacial score (nSPS) is 12.1. The van der Waals surface area contributed by atoms with Crippen LogP contribution in [-0.4, -0.2) is 4.99 Å². The van der Waals surface area contributed by atoms with Crippen molar-refractivity contribution < 1.29 is 0 Å². The molecule has 2 rings (SSSR count). The fraction of sp³-hybridized carbons (Fsp3) is 0.154. The fourth-order valence-electron chi connectivity index (χ4n) is 1.61. The molecule has 3 N–H and O–H groups in total. The molecule has 1 unspecified atom stereocenters. The van der Waals surface area contributed by atoms with Gasteiger partial charge in [0, 0.05) is 16.1 Å². The third kappa shape index (κ3) is 3.22. The predicted octanol–water partition coefficient (Wildman–Crippen LogP) is 4.21. The van der Waals surface area contributed by atoms with Crippen LogP contribution in [0.3, 0.4) is 0 Å². The monoisotopic (exact) mass is 296 g/mol. The first-order chi connectivity index (χ1) is 8.56. The second-order valence-electron chi connectivity index (χ2n) is 3.95. The van der Waals surface area contributed by atoms with Gasteiger partial charge in [-0.05, 0) is 43.3 Å². The van der Waals surface area contributed by atoms with Crippen molar-refractivity contribution in [1.29, 1.82) is 0 Å². The third-order valence-corrected chi connectivity index (χ3v) is 4.22. The van der Waals surface area contributed by atoms with Crippen LogP contribution in [0.25, 0.3) is 0 Å². The van der Waals surface area contributed by atoms with E-state index < -0.39 is 0 Å². The second kappa shape index (κ2) is 5.69. The van der Waals surface area contributed by atoms with Gasteiger partial charge in [-0.1, -0.05) is 23.8 Å². The van der Waals surface area contributed by atoms with Crippen molar-refractivity contribution in [3.63, 3.8) is 0 Å². The van der Waals surface area contributed by atoms with Crippen LogP contribution in [0.15, 0.2) is 36.4 Å². The summed E-state index contributed by atoms with van der Waals surface area (Å²) in [7, 11) is 0. The number of anilines is 1. The van der Waals surface area contributed by atoms with Gasteiger partial charge in [-0.25, -0.2) is 0 Å². The highest BCUT2D eigenvalue weighted by molar-refractivity contribution is 7.80. The Morgan fingerprint density at radius 3 is 2.44 bits per heavy atom. The molecule has 0 radical (unpaired) electrons. The van der Waals surface area contributed by atoms with E-state index in [0.717, 1.165) is 15.6 Å². The number of thiocarbonyl (C=S) groups is 1. The standard InChI is InChI=1S/C13H13ClN2S2/c1-8(11-6-7-12(14)18-11)16-10-4-2-9(3-5-10)13(15)17/h2-8,16H,1H3,(H2,15,17). The highest BCUT2D eigenvalue weighted by Gasteiger charge is 2.08. The van der Waals surface area contributed by atoms with Gasteiger partial charge in [-0.2, -0.15) is 0 Å². The highest BCUT2D eigenvalue weighted by atomic mass is 35.5. The molecular formula is C13H13ClN2S2. The molecule has 1 atom stereocenters. The summed E-state index contributed by atoms with van der Waals surface area (Å²) < 4.78 is 0.808. The Hall–Kier alpha value is -1.10. The van der Waals surface area contributed by atoms with Crippen LogP contribution in [0.5, 0.6) is 0 Å². The van der Waals surface area contributed by atoms with Crippen molar-refractivity contribution >= 4 is 45.8 Å². The summed E-state index contributed by atoms with van der Waals surface area (Å²) in [5.74, 6) is 0. The summed E-state index contributed by atoms with van der Waals surface area (Å²) in [5, 5.41) is 3.41. The minimum absolute atomic E-state index is 0.221. The van der Waals surface area contributed by atoms with Gasteiger partial charge in [-0.3, -0.25) is 0 Å². The van der Waals surface area contributed by atoms with E-state index >= 15 is 0 Å². The molecule has 2 nitrogen and oxygen atoms in total. The van der Waals surface area contributed by atoms with Gasteiger partial charge >= 0.3 is 0 Å². The highest BCUT2D eigenvalue weighted by Crippen LogP contribution is 2.28. The molecule has 0 spiro atoms. The lowest BCUT2D eigenvalue weighted by molar-refractivity contribution is 0.908. The smallest absolute Gasteiger partial charge is 0.103 e. The van der Waals surface area contributed by atoms with Gasteiger partial charge < -0.3 is 11.1 Å².